The van der Waals surface area contributed by atoms with Crippen LogP contribution in [-0.2, 0) is 19.7 Å². The molecule has 8 heteroatoms. The number of para-hydroxylation sites is 1. The molecule has 164 valence electrons. The van der Waals surface area contributed by atoms with Crippen molar-refractivity contribution < 1.29 is 28.5 Å². The van der Waals surface area contributed by atoms with Gasteiger partial charge in [-0.2, -0.15) is 0 Å². The molecule has 31 heavy (non-hydrogen) atoms. The zero-order valence-electron chi connectivity index (χ0n) is 17.4. The second-order valence-corrected chi connectivity index (χ2v) is 7.59. The molecule has 4 rings (SSSR count). The highest BCUT2D eigenvalue weighted by molar-refractivity contribution is 6.39. The first-order valence-electron chi connectivity index (χ1n) is 10.3. The average molecular weight is 426 g/mol. The Kier molecular flexibility index (Phi) is 6.27. The van der Waals surface area contributed by atoms with E-state index in [4.69, 9.17) is 18.9 Å². The number of hydrogen-bond acceptors (Lipinski definition) is 6. The predicted molar refractivity (Wildman–Crippen MR) is 114 cm³/mol. The number of carbonyl (C=O) groups excluding carboxylic acids is 2. The minimum atomic E-state index is -0.737. The van der Waals surface area contributed by atoms with Crippen LogP contribution < -0.4 is 24.8 Å². The summed E-state index contributed by atoms with van der Waals surface area (Å²) in [4.78, 5) is 25.0. The van der Waals surface area contributed by atoms with Crippen LogP contribution in [0.4, 0.5) is 5.69 Å². The summed E-state index contributed by atoms with van der Waals surface area (Å²) < 4.78 is 22.1. The third-order valence-corrected chi connectivity index (χ3v) is 5.72. The minimum Gasteiger partial charge on any atom is -0.496 e. The summed E-state index contributed by atoms with van der Waals surface area (Å²) in [5.41, 5.74) is 1.11. The SMILES string of the molecule is COc1ccccc1C1(CNC(=O)C(=O)Nc2ccc3c(c2)OCCO3)CCOCC1. The molecule has 0 atom stereocenters. The molecule has 0 aromatic heterocycles. The van der Waals surface area contributed by atoms with Crippen LogP contribution in [0.15, 0.2) is 42.5 Å². The largest absolute Gasteiger partial charge is 0.496 e. The van der Waals surface area contributed by atoms with E-state index in [1.165, 1.54) is 0 Å². The maximum Gasteiger partial charge on any atom is 0.313 e. The lowest BCUT2D eigenvalue weighted by atomic mass is 9.73. The molecule has 1 fully saturated rings. The molecule has 2 amide bonds. The summed E-state index contributed by atoms with van der Waals surface area (Å²) >= 11 is 0. The van der Waals surface area contributed by atoms with Crippen LogP contribution in [0, 0.1) is 0 Å². The summed E-state index contributed by atoms with van der Waals surface area (Å²) in [6, 6.07) is 12.8. The van der Waals surface area contributed by atoms with Crippen LogP contribution >= 0.6 is 0 Å². The number of hydrogen-bond donors (Lipinski definition) is 2. The molecule has 2 aliphatic rings. The maximum absolute atomic E-state index is 12.6. The van der Waals surface area contributed by atoms with Crippen LogP contribution in [0.5, 0.6) is 17.2 Å². The van der Waals surface area contributed by atoms with E-state index in [-0.39, 0.29) is 5.41 Å². The molecule has 2 aromatic rings. The quantitative estimate of drug-likeness (QED) is 0.713. The fourth-order valence-corrected chi connectivity index (χ4v) is 4.02. The van der Waals surface area contributed by atoms with Crippen LogP contribution in [-0.4, -0.2) is 51.9 Å². The number of ether oxygens (including phenoxy) is 4. The molecule has 2 aromatic carbocycles. The van der Waals surface area contributed by atoms with Gasteiger partial charge in [0.2, 0.25) is 0 Å². The highest BCUT2D eigenvalue weighted by Crippen LogP contribution is 2.39. The Morgan fingerprint density at radius 1 is 0.968 bits per heavy atom. The summed E-state index contributed by atoms with van der Waals surface area (Å²) in [5.74, 6) is 0.489. The lowest BCUT2D eigenvalue weighted by molar-refractivity contribution is -0.136. The van der Waals surface area contributed by atoms with Crippen molar-refractivity contribution in [1.29, 1.82) is 0 Å². The Morgan fingerprint density at radius 3 is 2.48 bits per heavy atom. The Labute approximate surface area is 180 Å². The summed E-state index contributed by atoms with van der Waals surface area (Å²) in [7, 11) is 1.63. The van der Waals surface area contributed by atoms with E-state index >= 15 is 0 Å². The fourth-order valence-electron chi connectivity index (χ4n) is 4.02. The Balaban J connectivity index is 1.43. The van der Waals surface area contributed by atoms with E-state index in [0.29, 0.717) is 50.2 Å². The van der Waals surface area contributed by atoms with E-state index in [1.807, 2.05) is 24.3 Å². The lowest BCUT2D eigenvalue weighted by Gasteiger charge is -2.38. The zero-order valence-corrected chi connectivity index (χ0v) is 17.4. The molecular weight excluding hydrogens is 400 g/mol. The number of anilines is 1. The van der Waals surface area contributed by atoms with Crippen molar-refractivity contribution in [2.45, 2.75) is 18.3 Å². The summed E-state index contributed by atoms with van der Waals surface area (Å²) in [6.45, 7) is 2.40. The molecule has 0 unspecified atom stereocenters. The summed E-state index contributed by atoms with van der Waals surface area (Å²) in [6.07, 6.45) is 1.44. The number of benzene rings is 2. The van der Waals surface area contributed by atoms with Crippen LogP contribution in [0.2, 0.25) is 0 Å². The zero-order chi connectivity index (χ0) is 21.7. The standard InChI is InChI=1S/C23H26N2O6/c1-28-18-5-3-2-4-17(18)23(8-10-29-11-9-23)15-24-21(26)22(27)25-16-6-7-19-20(14-16)31-13-12-30-19/h2-7,14H,8-13,15H2,1H3,(H,24,26)(H,25,27). The van der Waals surface area contributed by atoms with Gasteiger partial charge in [0.1, 0.15) is 19.0 Å². The van der Waals surface area contributed by atoms with Crippen LogP contribution in [0.1, 0.15) is 18.4 Å². The normalized spacial score (nSPS) is 16.8. The van der Waals surface area contributed by atoms with Crippen molar-refractivity contribution in [3.63, 3.8) is 0 Å². The van der Waals surface area contributed by atoms with Gasteiger partial charge in [-0.15, -0.1) is 0 Å². The number of amides is 2. The minimum absolute atomic E-state index is 0.310. The topological polar surface area (TPSA) is 95.1 Å². The highest BCUT2D eigenvalue weighted by atomic mass is 16.6. The molecule has 2 N–H and O–H groups in total. The van der Waals surface area contributed by atoms with Gasteiger partial charge >= 0.3 is 11.8 Å². The van der Waals surface area contributed by atoms with Crippen molar-refractivity contribution in [3.8, 4) is 17.2 Å². The Hall–Kier alpha value is -3.26. The van der Waals surface area contributed by atoms with Gasteiger partial charge in [0.25, 0.3) is 0 Å². The molecule has 0 bridgehead atoms. The van der Waals surface area contributed by atoms with E-state index in [9.17, 15) is 9.59 Å². The number of rotatable bonds is 5. The van der Waals surface area contributed by atoms with Crippen molar-refractivity contribution in [2.24, 2.45) is 0 Å². The second kappa shape index (κ2) is 9.26. The fraction of sp³-hybridized carbons (Fsp3) is 0.391. The third kappa shape index (κ3) is 4.59. The first-order chi connectivity index (χ1) is 15.1. The molecule has 0 spiro atoms. The number of carbonyl (C=O) groups is 2. The highest BCUT2D eigenvalue weighted by Gasteiger charge is 2.37. The third-order valence-electron chi connectivity index (χ3n) is 5.72. The smallest absolute Gasteiger partial charge is 0.313 e. The molecular formula is C23H26N2O6. The van der Waals surface area contributed by atoms with Gasteiger partial charge in [0.15, 0.2) is 11.5 Å². The number of nitrogens with one attached hydrogen (secondary N) is 2. The van der Waals surface area contributed by atoms with Gasteiger partial charge < -0.3 is 29.6 Å². The van der Waals surface area contributed by atoms with Crippen molar-refractivity contribution >= 4 is 17.5 Å². The molecule has 0 aliphatic carbocycles. The van der Waals surface area contributed by atoms with Crippen molar-refractivity contribution in [1.82, 2.24) is 5.32 Å². The second-order valence-electron chi connectivity index (χ2n) is 7.59. The van der Waals surface area contributed by atoms with Gasteiger partial charge in [-0.05, 0) is 31.0 Å². The van der Waals surface area contributed by atoms with E-state index in [1.54, 1.807) is 25.3 Å². The van der Waals surface area contributed by atoms with Gasteiger partial charge in [-0.3, -0.25) is 9.59 Å². The van der Waals surface area contributed by atoms with Crippen molar-refractivity contribution in [2.75, 3.05) is 45.4 Å². The van der Waals surface area contributed by atoms with Crippen LogP contribution in [0.25, 0.3) is 0 Å². The first kappa shape index (κ1) is 21.0. The van der Waals surface area contributed by atoms with Crippen molar-refractivity contribution in [3.05, 3.63) is 48.0 Å². The van der Waals surface area contributed by atoms with Gasteiger partial charge in [-0.25, -0.2) is 0 Å². The van der Waals surface area contributed by atoms with E-state index in [2.05, 4.69) is 10.6 Å². The molecule has 2 heterocycles. The maximum atomic E-state index is 12.6. The number of methoxy groups -OCH3 is 1. The first-order valence-corrected chi connectivity index (χ1v) is 10.3. The summed E-state index contributed by atoms with van der Waals surface area (Å²) in [5, 5.41) is 5.43. The van der Waals surface area contributed by atoms with Gasteiger partial charge in [0.05, 0.1) is 7.11 Å². The molecule has 2 aliphatic heterocycles. The lowest BCUT2D eigenvalue weighted by Crippen LogP contribution is -2.47. The Morgan fingerprint density at radius 2 is 1.71 bits per heavy atom. The van der Waals surface area contributed by atoms with E-state index < -0.39 is 11.8 Å². The van der Waals surface area contributed by atoms with E-state index in [0.717, 1.165) is 24.2 Å². The Bertz CT molecular complexity index is 955. The molecule has 1 saturated heterocycles. The monoisotopic (exact) mass is 426 g/mol. The van der Waals surface area contributed by atoms with Gasteiger partial charge in [-0.1, -0.05) is 18.2 Å². The molecule has 0 saturated carbocycles. The predicted octanol–water partition coefficient (Wildman–Crippen LogP) is 2.27. The molecule has 8 nitrogen and oxygen atoms in total. The molecule has 0 radical (unpaired) electrons. The van der Waals surface area contributed by atoms with Crippen LogP contribution in [0.3, 0.4) is 0 Å². The van der Waals surface area contributed by atoms with Gasteiger partial charge in [0, 0.05) is 42.5 Å². The number of fused-ring (bicyclic) bond motifs is 1. The average Bonchev–Trinajstić information content (AvgIpc) is 2.83.